The van der Waals surface area contributed by atoms with Gasteiger partial charge in [0, 0.05) is 17.3 Å². The molecule has 0 radical (unpaired) electrons. The average Bonchev–Trinajstić information content (AvgIpc) is 2.42. The summed E-state index contributed by atoms with van der Waals surface area (Å²) >= 11 is 4.99. The topological polar surface area (TPSA) is 89.6 Å². The van der Waals surface area contributed by atoms with Crippen LogP contribution < -0.4 is 10.5 Å². The number of ether oxygens (including phenoxy) is 1. The van der Waals surface area contributed by atoms with E-state index in [9.17, 15) is 9.59 Å². The van der Waals surface area contributed by atoms with Crippen molar-refractivity contribution in [2.75, 3.05) is 5.73 Å². The quantitative estimate of drug-likeness (QED) is 0.652. The van der Waals surface area contributed by atoms with E-state index in [0.29, 0.717) is 11.4 Å². The van der Waals surface area contributed by atoms with E-state index in [1.54, 1.807) is 30.3 Å². The first kappa shape index (κ1) is 16.5. The molecule has 0 spiro atoms. The Hall–Kier alpha value is -2.53. The van der Waals surface area contributed by atoms with E-state index in [2.05, 4.69) is 4.74 Å². The number of rotatable bonds is 2. The van der Waals surface area contributed by atoms with Crippen LogP contribution in [-0.2, 0) is 0 Å². The third-order valence-corrected chi connectivity index (χ3v) is 2.49. The molecule has 0 amide bonds. The third kappa shape index (κ3) is 5.97. The van der Waals surface area contributed by atoms with Gasteiger partial charge in [-0.25, -0.2) is 9.59 Å². The Bertz CT molecular complexity index is 626. The molecule has 2 rings (SSSR count). The van der Waals surface area contributed by atoms with E-state index >= 15 is 0 Å². The monoisotopic (exact) mass is 307 g/mol. The normalized spacial score (nSPS) is 9.24. The van der Waals surface area contributed by atoms with E-state index < -0.39 is 11.4 Å². The first-order chi connectivity index (χ1) is 9.90. The van der Waals surface area contributed by atoms with Crippen LogP contribution in [0.1, 0.15) is 15.9 Å². The lowest BCUT2D eigenvalue weighted by molar-refractivity contribution is 0.0698. The number of nitrogens with two attached hydrogens (primary N) is 1. The van der Waals surface area contributed by atoms with Crippen molar-refractivity contribution in [2.45, 2.75) is 6.92 Å². The molecule has 0 saturated heterocycles. The number of anilines is 1. The molecule has 6 heteroatoms. The van der Waals surface area contributed by atoms with Crippen LogP contribution in [0.15, 0.2) is 48.5 Å². The molecule has 0 atom stereocenters. The summed E-state index contributed by atoms with van der Waals surface area (Å²) in [5.74, 6) is -0.520. The molecule has 110 valence electrons. The van der Waals surface area contributed by atoms with Crippen LogP contribution in [0, 0.1) is 6.92 Å². The number of benzene rings is 2. The van der Waals surface area contributed by atoms with Crippen LogP contribution in [0.2, 0.25) is 0 Å². The second kappa shape index (κ2) is 7.91. The molecule has 0 unspecified atom stereocenters. The molecule has 0 heterocycles. The Labute approximate surface area is 126 Å². The van der Waals surface area contributed by atoms with Crippen LogP contribution in [0.25, 0.3) is 0 Å². The maximum Gasteiger partial charge on any atom is 0.409 e. The minimum atomic E-state index is -0.988. The number of carboxylic acid groups (broad SMARTS) is 1. The predicted molar refractivity (Wildman–Crippen MR) is 80.9 cm³/mol. The van der Waals surface area contributed by atoms with E-state index in [1.165, 1.54) is 6.07 Å². The molecule has 0 aliphatic rings. The number of halogens is 1. The summed E-state index contributed by atoms with van der Waals surface area (Å²) in [6, 6.07) is 13.4. The Morgan fingerprint density at radius 3 is 2.10 bits per heavy atom. The molecule has 21 heavy (non-hydrogen) atoms. The highest BCUT2D eigenvalue weighted by atomic mass is 35.5. The summed E-state index contributed by atoms with van der Waals surface area (Å²) in [5.41, 5.74) is 6.10. The number of nitrogen functional groups attached to an aromatic ring is 1. The lowest BCUT2D eigenvalue weighted by Crippen LogP contribution is -2.00. The lowest BCUT2D eigenvalue weighted by Gasteiger charge is -1.98. The fourth-order valence-corrected chi connectivity index (χ4v) is 1.48. The molecule has 2 aromatic carbocycles. The van der Waals surface area contributed by atoms with Gasteiger partial charge in [0.2, 0.25) is 0 Å². The molecule has 0 saturated carbocycles. The van der Waals surface area contributed by atoms with Crippen LogP contribution >= 0.6 is 11.6 Å². The molecular weight excluding hydrogens is 294 g/mol. The number of hydrogen-bond acceptors (Lipinski definition) is 4. The van der Waals surface area contributed by atoms with Crippen molar-refractivity contribution < 1.29 is 19.4 Å². The fourth-order valence-electron chi connectivity index (χ4n) is 1.39. The van der Waals surface area contributed by atoms with Gasteiger partial charge in [0.1, 0.15) is 5.75 Å². The smallest absolute Gasteiger partial charge is 0.409 e. The second-order valence-corrected chi connectivity index (χ2v) is 4.35. The van der Waals surface area contributed by atoms with Crippen molar-refractivity contribution >= 4 is 28.7 Å². The maximum absolute atomic E-state index is 10.3. The van der Waals surface area contributed by atoms with Crippen LogP contribution in [0.5, 0.6) is 5.75 Å². The molecule has 0 aliphatic carbocycles. The third-order valence-electron chi connectivity index (χ3n) is 2.41. The summed E-state index contributed by atoms with van der Waals surface area (Å²) in [6.45, 7) is 1.95. The SMILES string of the molecule is Cc1ccc(OC(=O)Cl)cc1.Nc1ccccc1C(=O)O. The molecular formula is C15H14ClNO4. The van der Waals surface area contributed by atoms with Gasteiger partial charge in [0.15, 0.2) is 0 Å². The van der Waals surface area contributed by atoms with Gasteiger partial charge < -0.3 is 15.6 Å². The van der Waals surface area contributed by atoms with Crippen LogP contribution in [-0.4, -0.2) is 16.5 Å². The maximum atomic E-state index is 10.3. The first-order valence-corrected chi connectivity index (χ1v) is 6.29. The molecule has 3 N–H and O–H groups in total. The van der Waals surface area contributed by atoms with E-state index in [4.69, 9.17) is 22.4 Å². The lowest BCUT2D eigenvalue weighted by atomic mass is 10.2. The number of aromatic carboxylic acids is 1. The van der Waals surface area contributed by atoms with Crippen LogP contribution in [0.4, 0.5) is 10.5 Å². The zero-order chi connectivity index (χ0) is 15.8. The zero-order valence-corrected chi connectivity index (χ0v) is 12.0. The Morgan fingerprint density at radius 1 is 1.10 bits per heavy atom. The second-order valence-electron chi connectivity index (χ2n) is 4.05. The van der Waals surface area contributed by atoms with E-state index in [-0.39, 0.29) is 5.56 Å². The fraction of sp³-hybridized carbons (Fsp3) is 0.0667. The summed E-state index contributed by atoms with van der Waals surface area (Å²) in [7, 11) is 0. The van der Waals surface area contributed by atoms with E-state index in [0.717, 1.165) is 5.56 Å². The number of para-hydroxylation sites is 1. The van der Waals surface area contributed by atoms with Crippen molar-refractivity contribution in [2.24, 2.45) is 0 Å². The predicted octanol–water partition coefficient (Wildman–Crippen LogP) is 3.70. The average molecular weight is 308 g/mol. The summed E-state index contributed by atoms with van der Waals surface area (Å²) in [6.07, 6.45) is 0. The number of carbonyl (C=O) groups excluding carboxylic acids is 1. The highest BCUT2D eigenvalue weighted by Gasteiger charge is 2.03. The molecule has 0 aromatic heterocycles. The van der Waals surface area contributed by atoms with Gasteiger partial charge in [-0.3, -0.25) is 0 Å². The Kier molecular flexibility index (Phi) is 6.23. The Balaban J connectivity index is 0.000000211. The number of carboxylic acids is 1. The molecule has 0 aliphatic heterocycles. The minimum Gasteiger partial charge on any atom is -0.478 e. The largest absolute Gasteiger partial charge is 0.478 e. The molecule has 2 aromatic rings. The van der Waals surface area contributed by atoms with Gasteiger partial charge in [0.25, 0.3) is 0 Å². The van der Waals surface area contributed by atoms with Crippen LogP contribution in [0.3, 0.4) is 0 Å². The van der Waals surface area contributed by atoms with Crippen molar-refractivity contribution in [3.05, 3.63) is 59.7 Å². The van der Waals surface area contributed by atoms with Gasteiger partial charge in [-0.1, -0.05) is 29.8 Å². The highest BCUT2D eigenvalue weighted by molar-refractivity contribution is 6.61. The molecule has 5 nitrogen and oxygen atoms in total. The van der Waals surface area contributed by atoms with Gasteiger partial charge in [0.05, 0.1) is 5.56 Å². The summed E-state index contributed by atoms with van der Waals surface area (Å²) in [4.78, 5) is 20.6. The van der Waals surface area contributed by atoms with E-state index in [1.807, 2.05) is 19.1 Å². The van der Waals surface area contributed by atoms with Crippen molar-refractivity contribution in [1.29, 1.82) is 0 Å². The van der Waals surface area contributed by atoms with Crippen molar-refractivity contribution in [1.82, 2.24) is 0 Å². The minimum absolute atomic E-state index is 0.155. The number of carbonyl (C=O) groups is 2. The Morgan fingerprint density at radius 2 is 1.67 bits per heavy atom. The number of aryl methyl sites for hydroxylation is 1. The van der Waals surface area contributed by atoms with Gasteiger partial charge in [-0.15, -0.1) is 0 Å². The van der Waals surface area contributed by atoms with Gasteiger partial charge in [-0.05, 0) is 31.2 Å². The molecule has 0 bridgehead atoms. The van der Waals surface area contributed by atoms with Crippen molar-refractivity contribution in [3.63, 3.8) is 0 Å². The first-order valence-electron chi connectivity index (χ1n) is 5.92. The van der Waals surface area contributed by atoms with Gasteiger partial charge >= 0.3 is 11.4 Å². The van der Waals surface area contributed by atoms with Crippen molar-refractivity contribution in [3.8, 4) is 5.75 Å². The summed E-state index contributed by atoms with van der Waals surface area (Å²) in [5, 5.41) is 8.49. The zero-order valence-electron chi connectivity index (χ0n) is 11.2. The standard InChI is InChI=1S/C8H7ClO2.C7H7NO2/c1-6-2-4-7(5-3-6)11-8(9)10;8-6-4-2-1-3-5(6)7(9)10/h2-5H,1H3;1-4H,8H2,(H,9,10). The number of hydrogen-bond donors (Lipinski definition) is 2. The van der Waals surface area contributed by atoms with Gasteiger partial charge in [-0.2, -0.15) is 0 Å². The summed E-state index contributed by atoms with van der Waals surface area (Å²) < 4.78 is 4.60. The highest BCUT2D eigenvalue weighted by Crippen LogP contribution is 2.12. The molecule has 0 fully saturated rings.